The molecule has 0 aromatic heterocycles. The minimum absolute atomic E-state index is 0.173. The molecule has 1 atom stereocenters. The molecule has 0 rings (SSSR count). The van der Waals surface area contributed by atoms with E-state index in [1.807, 2.05) is 6.92 Å². The van der Waals surface area contributed by atoms with Crippen LogP contribution in [0.15, 0.2) is 12.2 Å². The lowest BCUT2D eigenvalue weighted by molar-refractivity contribution is -0.140. The molecule has 0 aromatic rings. The Hall–Kier alpha value is -0.830. The zero-order valence-corrected chi connectivity index (χ0v) is 16.1. The molecule has 1 unspecified atom stereocenters. The summed E-state index contributed by atoms with van der Waals surface area (Å²) in [4.78, 5) is 11.5. The minimum Gasteiger partial charge on any atom is -0.462 e. The van der Waals surface area contributed by atoms with E-state index in [9.17, 15) is 4.79 Å². The topological polar surface area (TPSA) is 35.5 Å². The number of rotatable bonds is 14. The lowest BCUT2D eigenvalue weighted by Gasteiger charge is -2.34. The van der Waals surface area contributed by atoms with Gasteiger partial charge >= 0.3 is 5.97 Å². The smallest absolute Gasteiger partial charge is 0.333 e. The molecule has 0 bridgehead atoms. The third kappa shape index (κ3) is 10.5. The fourth-order valence-electron chi connectivity index (χ4n) is 2.92. The molecule has 0 aliphatic carbocycles. The Bertz CT molecular complexity index is 334. The molecule has 0 saturated carbocycles. The van der Waals surface area contributed by atoms with Crippen molar-refractivity contribution in [3.05, 3.63) is 12.2 Å². The van der Waals surface area contributed by atoms with Crippen molar-refractivity contribution in [2.24, 2.45) is 5.92 Å². The van der Waals surface area contributed by atoms with Gasteiger partial charge in [-0.1, -0.05) is 52.0 Å². The molecular formula is C20H38O3. The monoisotopic (exact) mass is 326 g/mol. The molecule has 0 aliphatic heterocycles. The molecule has 0 N–H and O–H groups in total. The van der Waals surface area contributed by atoms with Gasteiger partial charge in [0.05, 0.1) is 12.2 Å². The van der Waals surface area contributed by atoms with E-state index in [1.54, 1.807) is 6.92 Å². The van der Waals surface area contributed by atoms with Gasteiger partial charge in [0.1, 0.15) is 0 Å². The molecule has 23 heavy (non-hydrogen) atoms. The Morgan fingerprint density at radius 3 is 2.22 bits per heavy atom. The Morgan fingerprint density at radius 1 is 1.04 bits per heavy atom. The summed E-state index contributed by atoms with van der Waals surface area (Å²) in [7, 11) is 0. The van der Waals surface area contributed by atoms with Crippen LogP contribution in [0.2, 0.25) is 0 Å². The second-order valence-corrected chi connectivity index (χ2v) is 6.99. The lowest BCUT2D eigenvalue weighted by Crippen LogP contribution is -2.35. The summed E-state index contributed by atoms with van der Waals surface area (Å²) in [5.74, 6) is 0.115. The van der Waals surface area contributed by atoms with Gasteiger partial charge in [0, 0.05) is 12.2 Å². The van der Waals surface area contributed by atoms with Gasteiger partial charge in [0.15, 0.2) is 0 Å². The van der Waals surface area contributed by atoms with Gasteiger partial charge in [-0.25, -0.2) is 4.79 Å². The van der Waals surface area contributed by atoms with E-state index in [0.29, 0.717) is 24.7 Å². The van der Waals surface area contributed by atoms with Gasteiger partial charge in [-0.15, -0.1) is 0 Å². The van der Waals surface area contributed by atoms with Crippen LogP contribution in [0.3, 0.4) is 0 Å². The van der Waals surface area contributed by atoms with Gasteiger partial charge in [-0.3, -0.25) is 0 Å². The summed E-state index contributed by atoms with van der Waals surface area (Å²) < 4.78 is 11.2. The largest absolute Gasteiger partial charge is 0.462 e. The van der Waals surface area contributed by atoms with E-state index in [4.69, 9.17) is 9.47 Å². The van der Waals surface area contributed by atoms with E-state index in [1.165, 1.54) is 38.5 Å². The fourth-order valence-corrected chi connectivity index (χ4v) is 2.92. The maximum absolute atomic E-state index is 11.5. The number of carbonyl (C=O) groups excluding carboxylic acids is 1. The second-order valence-electron chi connectivity index (χ2n) is 6.99. The molecule has 0 fully saturated rings. The summed E-state index contributed by atoms with van der Waals surface area (Å²) >= 11 is 0. The fraction of sp³-hybridized carbons (Fsp3) is 0.850. The Labute approximate surface area is 143 Å². The summed E-state index contributed by atoms with van der Waals surface area (Å²) in [5.41, 5.74) is 0.287. The van der Waals surface area contributed by atoms with Crippen molar-refractivity contribution < 1.29 is 14.3 Å². The maximum Gasteiger partial charge on any atom is 0.333 e. The van der Waals surface area contributed by atoms with Gasteiger partial charge in [0.25, 0.3) is 0 Å². The molecule has 0 spiro atoms. The van der Waals surface area contributed by atoms with E-state index in [2.05, 4.69) is 27.4 Å². The summed E-state index contributed by atoms with van der Waals surface area (Å²) in [5, 5.41) is 0. The molecule has 0 aliphatic rings. The van der Waals surface area contributed by atoms with Crippen molar-refractivity contribution in [2.45, 2.75) is 91.6 Å². The van der Waals surface area contributed by atoms with Crippen molar-refractivity contribution in [2.75, 3.05) is 13.2 Å². The molecule has 0 aromatic carbocycles. The number of hydrogen-bond acceptors (Lipinski definition) is 3. The van der Waals surface area contributed by atoms with Gasteiger partial charge in [0.2, 0.25) is 0 Å². The predicted molar refractivity (Wildman–Crippen MR) is 97.6 cm³/mol. The third-order valence-electron chi connectivity index (χ3n) is 4.45. The first-order chi connectivity index (χ1) is 10.8. The average Bonchev–Trinajstić information content (AvgIpc) is 2.48. The molecule has 0 amide bonds. The molecule has 0 radical (unpaired) electrons. The molecule has 0 heterocycles. The van der Waals surface area contributed by atoms with Crippen molar-refractivity contribution in [3.8, 4) is 0 Å². The summed E-state index contributed by atoms with van der Waals surface area (Å²) in [6, 6.07) is 0. The van der Waals surface area contributed by atoms with Crippen LogP contribution >= 0.6 is 0 Å². The van der Waals surface area contributed by atoms with Crippen LogP contribution in [-0.4, -0.2) is 24.8 Å². The van der Waals surface area contributed by atoms with Crippen LogP contribution in [0.1, 0.15) is 86.0 Å². The van der Waals surface area contributed by atoms with Crippen molar-refractivity contribution in [1.29, 1.82) is 0 Å². The molecule has 0 saturated heterocycles. The van der Waals surface area contributed by atoms with E-state index in [0.717, 1.165) is 12.8 Å². The van der Waals surface area contributed by atoms with Gasteiger partial charge < -0.3 is 9.47 Å². The average molecular weight is 327 g/mol. The van der Waals surface area contributed by atoms with Crippen LogP contribution in [0.5, 0.6) is 0 Å². The Morgan fingerprint density at radius 2 is 1.65 bits per heavy atom. The van der Waals surface area contributed by atoms with Crippen LogP contribution in [-0.2, 0) is 14.3 Å². The van der Waals surface area contributed by atoms with Crippen LogP contribution in [0, 0.1) is 5.92 Å². The molecular weight excluding hydrogens is 288 g/mol. The van der Waals surface area contributed by atoms with E-state index >= 15 is 0 Å². The number of hydrogen-bond donors (Lipinski definition) is 0. The minimum atomic E-state index is -0.294. The highest BCUT2D eigenvalue weighted by Gasteiger charge is 2.29. The molecule has 136 valence electrons. The maximum atomic E-state index is 11.5. The highest BCUT2D eigenvalue weighted by atomic mass is 16.5. The number of ether oxygens (including phenoxy) is 2. The SMILES string of the molecule is C=C(C)C(=O)OCCC(CCCCCCCC)C(C)(C)OCC. The van der Waals surface area contributed by atoms with Crippen molar-refractivity contribution >= 4 is 5.97 Å². The number of carbonyl (C=O) groups is 1. The van der Waals surface area contributed by atoms with Crippen LogP contribution in [0.25, 0.3) is 0 Å². The zero-order valence-electron chi connectivity index (χ0n) is 16.1. The number of esters is 1. The molecule has 3 heteroatoms. The first-order valence-electron chi connectivity index (χ1n) is 9.31. The highest BCUT2D eigenvalue weighted by molar-refractivity contribution is 5.86. The predicted octanol–water partition coefficient (Wildman–Crippen LogP) is 5.68. The van der Waals surface area contributed by atoms with Gasteiger partial charge in [-0.05, 0) is 46.5 Å². The Kier molecular flexibility index (Phi) is 12.1. The standard InChI is InChI=1S/C20H38O3/c1-7-9-10-11-12-13-14-18(20(5,6)23-8-2)15-16-22-19(21)17(3)4/h18H,3,7-16H2,1-2,4-6H3. The van der Waals surface area contributed by atoms with Crippen molar-refractivity contribution in [1.82, 2.24) is 0 Å². The summed E-state index contributed by atoms with van der Waals surface area (Å²) in [6.07, 6.45) is 9.76. The molecule has 3 nitrogen and oxygen atoms in total. The van der Waals surface area contributed by atoms with Crippen LogP contribution < -0.4 is 0 Å². The highest BCUT2D eigenvalue weighted by Crippen LogP contribution is 2.30. The van der Waals surface area contributed by atoms with E-state index < -0.39 is 0 Å². The first-order valence-corrected chi connectivity index (χ1v) is 9.31. The normalized spacial score (nSPS) is 12.9. The van der Waals surface area contributed by atoms with E-state index in [-0.39, 0.29) is 11.6 Å². The third-order valence-corrected chi connectivity index (χ3v) is 4.45. The van der Waals surface area contributed by atoms with Crippen molar-refractivity contribution in [3.63, 3.8) is 0 Å². The second kappa shape index (κ2) is 12.6. The quantitative estimate of drug-likeness (QED) is 0.234. The lowest BCUT2D eigenvalue weighted by atomic mass is 9.83. The number of unbranched alkanes of at least 4 members (excludes halogenated alkanes) is 5. The zero-order chi connectivity index (χ0) is 17.7. The first kappa shape index (κ1) is 22.2. The van der Waals surface area contributed by atoms with Crippen LogP contribution in [0.4, 0.5) is 0 Å². The Balaban J connectivity index is 4.29. The summed E-state index contributed by atoms with van der Waals surface area (Å²) in [6.45, 7) is 15.0. The van der Waals surface area contributed by atoms with Gasteiger partial charge in [-0.2, -0.15) is 0 Å².